The molecule has 15 nitrogen and oxygen atoms in total. The van der Waals surface area contributed by atoms with Crippen molar-refractivity contribution in [3.8, 4) is 21.1 Å². The number of fused-ring (bicyclic) bond motifs is 2. The number of para-hydroxylation sites is 2. The molecule has 0 amide bonds. The van der Waals surface area contributed by atoms with Crippen LogP contribution in [-0.2, 0) is 47.4 Å². The van der Waals surface area contributed by atoms with Gasteiger partial charge in [-0.3, -0.25) is 0 Å². The first kappa shape index (κ1) is 58.4. The van der Waals surface area contributed by atoms with E-state index in [-0.39, 0.29) is 14.0 Å². The van der Waals surface area contributed by atoms with Gasteiger partial charge in [0.05, 0.1) is 153 Å². The van der Waals surface area contributed by atoms with Gasteiger partial charge in [0.25, 0.3) is 0 Å². The molecule has 386 valence electrons. The van der Waals surface area contributed by atoms with E-state index in [1.807, 2.05) is 24.3 Å². The molecule has 0 unspecified atom stereocenters. The average molecular weight is 1010 g/mol. The molecule has 0 aliphatic carbocycles. The maximum atomic E-state index is 8.57. The first-order valence-corrected chi connectivity index (χ1v) is 25.5. The van der Waals surface area contributed by atoms with E-state index in [9.17, 15) is 0 Å². The molecule has 2 aromatic heterocycles. The maximum Gasteiger partial charge on any atom is 0.124 e. The third-order valence-corrected chi connectivity index (χ3v) is 12.2. The SMILES string of the molecule is C.CCCOCCOCCOCCOCCOCCN(C)c1ccc(-c2nc3ccccc3s2)cc1.OCCOCCOCCOCCOCCOCCNc1ccc(-c2nc3ccccc3s2)cc1. The number of nitrogens with zero attached hydrogens (tertiary/aromatic N) is 3. The van der Waals surface area contributed by atoms with Crippen molar-refractivity contribution in [2.45, 2.75) is 20.8 Å². The second-order valence-corrected chi connectivity index (χ2v) is 17.4. The van der Waals surface area contributed by atoms with Crippen molar-refractivity contribution in [3.63, 3.8) is 0 Å². The fraction of sp³-hybridized carbons (Fsp3) is 0.509. The minimum atomic E-state index is 0. The lowest BCUT2D eigenvalue weighted by Crippen LogP contribution is -2.23. The van der Waals surface area contributed by atoms with E-state index in [0.29, 0.717) is 126 Å². The van der Waals surface area contributed by atoms with Crippen molar-refractivity contribution in [3.05, 3.63) is 97.1 Å². The molecule has 70 heavy (non-hydrogen) atoms. The second kappa shape index (κ2) is 37.6. The molecule has 17 heteroatoms. The van der Waals surface area contributed by atoms with Crippen molar-refractivity contribution in [2.75, 3.05) is 169 Å². The van der Waals surface area contributed by atoms with Gasteiger partial charge in [-0.1, -0.05) is 38.6 Å². The Kier molecular flexibility index (Phi) is 31.3. The number of aliphatic hydroxyl groups excluding tert-OH is 1. The van der Waals surface area contributed by atoms with Crippen LogP contribution in [0.5, 0.6) is 0 Å². The van der Waals surface area contributed by atoms with Gasteiger partial charge in [0.1, 0.15) is 10.0 Å². The molecule has 0 saturated heterocycles. The minimum absolute atomic E-state index is 0. The van der Waals surface area contributed by atoms with Gasteiger partial charge < -0.3 is 62.7 Å². The van der Waals surface area contributed by atoms with Crippen molar-refractivity contribution in [1.29, 1.82) is 0 Å². The molecular weight excluding hydrogens is 933 g/mol. The number of ether oxygens (including phenoxy) is 10. The molecule has 6 rings (SSSR count). The predicted octanol–water partition coefficient (Wildman–Crippen LogP) is 8.98. The van der Waals surface area contributed by atoms with Crippen LogP contribution in [-0.4, -0.2) is 174 Å². The number of thiazole rings is 2. The van der Waals surface area contributed by atoms with Crippen molar-refractivity contribution in [2.24, 2.45) is 0 Å². The Morgan fingerprint density at radius 3 is 1.24 bits per heavy atom. The van der Waals surface area contributed by atoms with Gasteiger partial charge in [-0.15, -0.1) is 22.7 Å². The van der Waals surface area contributed by atoms with Gasteiger partial charge in [-0.05, 0) is 79.2 Å². The number of likely N-dealkylation sites (N-methyl/N-ethyl adjacent to an activating group) is 1. The van der Waals surface area contributed by atoms with Crippen LogP contribution in [0.15, 0.2) is 97.1 Å². The van der Waals surface area contributed by atoms with E-state index >= 15 is 0 Å². The van der Waals surface area contributed by atoms with E-state index < -0.39 is 0 Å². The minimum Gasteiger partial charge on any atom is -0.394 e. The van der Waals surface area contributed by atoms with E-state index in [2.05, 4.69) is 97.0 Å². The van der Waals surface area contributed by atoms with Crippen molar-refractivity contribution >= 4 is 54.5 Å². The molecule has 0 aliphatic heterocycles. The normalized spacial score (nSPS) is 11.2. The Bertz CT molecular complexity index is 2110. The summed E-state index contributed by atoms with van der Waals surface area (Å²) in [5.41, 5.74) is 6.58. The molecule has 4 aromatic carbocycles. The van der Waals surface area contributed by atoms with Crippen LogP contribution in [0.1, 0.15) is 20.8 Å². The molecule has 0 bridgehead atoms. The molecule has 0 fully saturated rings. The van der Waals surface area contributed by atoms with E-state index in [0.717, 1.165) is 69.7 Å². The molecule has 0 spiro atoms. The molecule has 2 N–H and O–H groups in total. The van der Waals surface area contributed by atoms with Crippen LogP contribution in [0.4, 0.5) is 11.4 Å². The smallest absolute Gasteiger partial charge is 0.124 e. The van der Waals surface area contributed by atoms with Crippen LogP contribution < -0.4 is 10.2 Å². The van der Waals surface area contributed by atoms with Crippen LogP contribution in [0.3, 0.4) is 0 Å². The molecule has 0 atom stereocenters. The fourth-order valence-corrected chi connectivity index (χ4v) is 8.29. The lowest BCUT2D eigenvalue weighted by molar-refractivity contribution is -0.0127. The van der Waals surface area contributed by atoms with Gasteiger partial charge in [0.2, 0.25) is 0 Å². The summed E-state index contributed by atoms with van der Waals surface area (Å²) in [6.45, 7) is 14.9. The third-order valence-electron chi connectivity index (χ3n) is 9.98. The highest BCUT2D eigenvalue weighted by Gasteiger charge is 2.08. The monoisotopic (exact) mass is 1010 g/mol. The number of nitrogens with one attached hydrogen (secondary N) is 1. The quantitative estimate of drug-likeness (QED) is 0.0355. The van der Waals surface area contributed by atoms with Gasteiger partial charge >= 0.3 is 0 Å². The number of hydrogen-bond acceptors (Lipinski definition) is 17. The van der Waals surface area contributed by atoms with Gasteiger partial charge in [0.15, 0.2) is 0 Å². The van der Waals surface area contributed by atoms with Crippen LogP contribution >= 0.6 is 22.7 Å². The topological polar surface area (TPSA) is 154 Å². The summed E-state index contributed by atoms with van der Waals surface area (Å²) in [4.78, 5) is 11.6. The zero-order valence-electron chi connectivity index (χ0n) is 40.4. The summed E-state index contributed by atoms with van der Waals surface area (Å²) >= 11 is 3.43. The summed E-state index contributed by atoms with van der Waals surface area (Å²) in [5, 5.41) is 14.0. The van der Waals surface area contributed by atoms with Gasteiger partial charge in [0, 0.05) is 49.2 Å². The largest absolute Gasteiger partial charge is 0.394 e. The Morgan fingerprint density at radius 1 is 0.457 bits per heavy atom. The van der Waals surface area contributed by atoms with Crippen molar-refractivity contribution in [1.82, 2.24) is 9.97 Å². The zero-order chi connectivity index (χ0) is 48.2. The van der Waals surface area contributed by atoms with E-state index in [1.165, 1.54) is 9.40 Å². The lowest BCUT2D eigenvalue weighted by Gasteiger charge is -2.19. The maximum absolute atomic E-state index is 8.57. The molecule has 2 heterocycles. The number of aromatic nitrogens is 2. The van der Waals surface area contributed by atoms with Crippen molar-refractivity contribution < 1.29 is 52.5 Å². The standard InChI is InChI=1S/C27H38N2O5S.C25H34N2O6S.CH4/c1-3-13-30-15-17-32-19-21-34-22-20-33-18-16-31-14-12-29(2)24-10-8-23(9-11-24)27-28-25-6-4-5-7-26(25)35-27;28-10-12-30-14-16-32-18-20-33-19-17-31-15-13-29-11-9-26-22-7-5-21(6-8-22)25-27-23-3-1-2-4-24(23)34-25;/h4-11H,3,12-22H2,1-2H3;1-8,26,28H,9-20H2;1H4. The summed E-state index contributed by atoms with van der Waals surface area (Å²) in [6, 6.07) is 33.3. The second-order valence-electron chi connectivity index (χ2n) is 15.3. The van der Waals surface area contributed by atoms with Gasteiger partial charge in [-0.25, -0.2) is 9.97 Å². The number of hydrogen-bond donors (Lipinski definition) is 2. The van der Waals surface area contributed by atoms with Crippen LogP contribution in [0.2, 0.25) is 0 Å². The number of anilines is 2. The van der Waals surface area contributed by atoms with E-state index in [4.69, 9.17) is 62.4 Å². The lowest BCUT2D eigenvalue weighted by atomic mass is 10.2. The average Bonchev–Trinajstić information content (AvgIpc) is 4.03. The highest BCUT2D eigenvalue weighted by molar-refractivity contribution is 7.22. The summed E-state index contributed by atoms with van der Waals surface area (Å²) in [7, 11) is 2.08. The van der Waals surface area contributed by atoms with Crippen LogP contribution in [0, 0.1) is 0 Å². The molecule has 6 aromatic rings. The zero-order valence-corrected chi connectivity index (χ0v) is 42.0. The molecule has 0 radical (unpaired) electrons. The molecular formula is C53H76N4O11S2. The number of benzene rings is 4. The Morgan fingerprint density at radius 2 is 0.829 bits per heavy atom. The Hall–Kier alpha value is -4.18. The first-order valence-electron chi connectivity index (χ1n) is 23.9. The summed E-state index contributed by atoms with van der Waals surface area (Å²) in [6.07, 6.45) is 1.03. The fourth-order valence-electron chi connectivity index (χ4n) is 6.35. The van der Waals surface area contributed by atoms with Crippen LogP contribution in [0.25, 0.3) is 41.6 Å². The van der Waals surface area contributed by atoms with E-state index in [1.54, 1.807) is 22.7 Å². The predicted molar refractivity (Wildman–Crippen MR) is 284 cm³/mol. The highest BCUT2D eigenvalue weighted by Crippen LogP contribution is 2.32. The molecule has 0 aliphatic rings. The third kappa shape index (κ3) is 23.8. The first-order chi connectivity index (χ1) is 34.1. The highest BCUT2D eigenvalue weighted by atomic mass is 32.1. The number of aliphatic hydroxyl groups is 1. The molecule has 0 saturated carbocycles. The Balaban J connectivity index is 0.000000300. The summed E-state index contributed by atoms with van der Waals surface area (Å²) < 4.78 is 56.8. The van der Waals surface area contributed by atoms with Gasteiger partial charge in [-0.2, -0.15) is 0 Å². The number of rotatable bonds is 38. The Labute approximate surface area is 423 Å². The summed E-state index contributed by atoms with van der Waals surface area (Å²) in [5.74, 6) is 0.